The molecule has 3 aliphatic carbocycles. The first-order valence-electron chi connectivity index (χ1n) is 6.50. The molecule has 0 aliphatic heterocycles. The molecule has 3 nitrogen and oxygen atoms in total. The second-order valence-corrected chi connectivity index (χ2v) is 5.96. The van der Waals surface area contributed by atoms with E-state index in [9.17, 15) is 4.79 Å². The largest absolute Gasteiger partial charge is 0.373 e. The third-order valence-corrected chi connectivity index (χ3v) is 4.74. The van der Waals surface area contributed by atoms with Gasteiger partial charge in [-0.05, 0) is 49.4 Å². The highest BCUT2D eigenvalue weighted by atomic mass is 16.2. The van der Waals surface area contributed by atoms with Crippen molar-refractivity contribution >= 4 is 11.9 Å². The number of carbonyl (C=O) groups excluding carboxylic acids is 3. The molecule has 0 amide bonds. The van der Waals surface area contributed by atoms with Crippen LogP contribution in [0.15, 0.2) is 0 Å². The van der Waals surface area contributed by atoms with E-state index in [4.69, 9.17) is 9.59 Å². The van der Waals surface area contributed by atoms with E-state index in [0.717, 1.165) is 12.8 Å². The van der Waals surface area contributed by atoms with Gasteiger partial charge in [0.1, 0.15) is 5.78 Å². The van der Waals surface area contributed by atoms with Gasteiger partial charge in [-0.3, -0.25) is 4.79 Å². The molecule has 0 aromatic rings. The lowest BCUT2D eigenvalue weighted by atomic mass is 9.53. The minimum absolute atomic E-state index is 0.250. The molecular formula is C14H22O3. The molecule has 0 heterocycles. The predicted molar refractivity (Wildman–Crippen MR) is 63.2 cm³/mol. The summed E-state index contributed by atoms with van der Waals surface area (Å²) in [6.45, 7) is 4.42. The maximum absolute atomic E-state index is 11.5. The molecule has 0 atom stereocenters. The first-order chi connectivity index (χ1) is 7.99. The van der Waals surface area contributed by atoms with Gasteiger partial charge in [0.15, 0.2) is 0 Å². The first kappa shape index (κ1) is 14.1. The highest BCUT2D eigenvalue weighted by molar-refractivity contribution is 5.78. The van der Waals surface area contributed by atoms with E-state index in [-0.39, 0.29) is 6.15 Å². The first-order valence-corrected chi connectivity index (χ1v) is 6.50. The SMILES string of the molecule is CCC(=O)CC12CCC(C)(CC1)CC2.O=C=O. The Labute approximate surface area is 103 Å². The zero-order chi connectivity index (χ0) is 12.9. The summed E-state index contributed by atoms with van der Waals surface area (Å²) in [5, 5.41) is 0. The third-order valence-electron chi connectivity index (χ3n) is 4.74. The van der Waals surface area contributed by atoms with Crippen LogP contribution in [0.2, 0.25) is 0 Å². The fourth-order valence-electron chi connectivity index (χ4n) is 3.26. The normalized spacial score (nSPS) is 34.5. The zero-order valence-corrected chi connectivity index (χ0v) is 10.9. The predicted octanol–water partition coefficient (Wildman–Crippen LogP) is 3.13. The molecule has 0 saturated heterocycles. The molecule has 17 heavy (non-hydrogen) atoms. The summed E-state index contributed by atoms with van der Waals surface area (Å²) in [7, 11) is 0. The topological polar surface area (TPSA) is 51.2 Å². The van der Waals surface area contributed by atoms with E-state index in [0.29, 0.717) is 16.6 Å². The van der Waals surface area contributed by atoms with Crippen molar-refractivity contribution < 1.29 is 14.4 Å². The lowest BCUT2D eigenvalue weighted by Crippen LogP contribution is -2.40. The van der Waals surface area contributed by atoms with Crippen LogP contribution in [0, 0.1) is 10.8 Å². The highest BCUT2D eigenvalue weighted by Crippen LogP contribution is 2.58. The summed E-state index contributed by atoms with van der Waals surface area (Å²) in [5.74, 6) is 0.482. The summed E-state index contributed by atoms with van der Waals surface area (Å²) in [6, 6.07) is 0. The van der Waals surface area contributed by atoms with E-state index < -0.39 is 0 Å². The van der Waals surface area contributed by atoms with Gasteiger partial charge >= 0.3 is 6.15 Å². The van der Waals surface area contributed by atoms with Gasteiger partial charge in [-0.2, -0.15) is 9.59 Å². The molecule has 0 radical (unpaired) electrons. The number of hydrogen-bond acceptors (Lipinski definition) is 3. The molecule has 3 saturated carbocycles. The Hall–Kier alpha value is -0.950. The van der Waals surface area contributed by atoms with Crippen molar-refractivity contribution in [1.29, 1.82) is 0 Å². The van der Waals surface area contributed by atoms with Gasteiger partial charge in [-0.1, -0.05) is 13.8 Å². The summed E-state index contributed by atoms with van der Waals surface area (Å²) in [6.07, 6.45) is 9.90. The van der Waals surface area contributed by atoms with Crippen LogP contribution in [0.25, 0.3) is 0 Å². The van der Waals surface area contributed by atoms with Crippen LogP contribution in [0.3, 0.4) is 0 Å². The van der Waals surface area contributed by atoms with Gasteiger partial charge in [0.2, 0.25) is 0 Å². The lowest BCUT2D eigenvalue weighted by Gasteiger charge is -2.52. The Kier molecular flexibility index (Phi) is 4.64. The van der Waals surface area contributed by atoms with Crippen molar-refractivity contribution in [3.63, 3.8) is 0 Å². The maximum Gasteiger partial charge on any atom is 0.373 e. The number of fused-ring (bicyclic) bond motifs is 3. The molecule has 3 fully saturated rings. The van der Waals surface area contributed by atoms with Crippen LogP contribution in [0.4, 0.5) is 0 Å². The van der Waals surface area contributed by atoms with Gasteiger partial charge < -0.3 is 0 Å². The van der Waals surface area contributed by atoms with Crippen LogP contribution < -0.4 is 0 Å². The molecule has 2 bridgehead atoms. The highest BCUT2D eigenvalue weighted by Gasteiger charge is 2.46. The van der Waals surface area contributed by atoms with Crippen LogP contribution >= 0.6 is 0 Å². The van der Waals surface area contributed by atoms with Gasteiger partial charge in [0.25, 0.3) is 0 Å². The van der Waals surface area contributed by atoms with Gasteiger partial charge in [-0.15, -0.1) is 0 Å². The molecule has 0 aromatic heterocycles. The summed E-state index contributed by atoms with van der Waals surface area (Å²) in [5.41, 5.74) is 1.07. The Balaban J connectivity index is 0.000000437. The van der Waals surface area contributed by atoms with E-state index >= 15 is 0 Å². The fraction of sp³-hybridized carbons (Fsp3) is 0.857. The van der Waals surface area contributed by atoms with Crippen molar-refractivity contribution in [3.05, 3.63) is 0 Å². The van der Waals surface area contributed by atoms with E-state index in [2.05, 4.69) is 6.92 Å². The molecule has 0 N–H and O–H groups in total. The monoisotopic (exact) mass is 238 g/mol. The Morgan fingerprint density at radius 1 is 1.06 bits per heavy atom. The number of carbonyl (C=O) groups is 1. The minimum Gasteiger partial charge on any atom is -0.300 e. The Morgan fingerprint density at radius 3 is 1.82 bits per heavy atom. The maximum atomic E-state index is 11.5. The zero-order valence-electron chi connectivity index (χ0n) is 10.9. The fourth-order valence-corrected chi connectivity index (χ4v) is 3.26. The molecule has 0 unspecified atom stereocenters. The molecule has 3 heteroatoms. The average Bonchev–Trinajstić information content (AvgIpc) is 2.32. The third kappa shape index (κ3) is 3.50. The van der Waals surface area contributed by atoms with Crippen molar-refractivity contribution in [1.82, 2.24) is 0 Å². The Bertz CT molecular complexity index is 289. The molecule has 96 valence electrons. The molecule has 3 aliphatic rings. The van der Waals surface area contributed by atoms with E-state index in [1.807, 2.05) is 6.92 Å². The van der Waals surface area contributed by atoms with Gasteiger partial charge in [0, 0.05) is 12.8 Å². The van der Waals surface area contributed by atoms with Crippen molar-refractivity contribution in [2.75, 3.05) is 0 Å². The van der Waals surface area contributed by atoms with Gasteiger partial charge in [-0.25, -0.2) is 0 Å². The van der Waals surface area contributed by atoms with Crippen molar-refractivity contribution in [2.24, 2.45) is 10.8 Å². The number of rotatable bonds is 3. The quantitative estimate of drug-likeness (QED) is 0.759. The van der Waals surface area contributed by atoms with E-state index in [1.54, 1.807) is 0 Å². The minimum atomic E-state index is 0.250. The van der Waals surface area contributed by atoms with Crippen LogP contribution in [-0.4, -0.2) is 11.9 Å². The molecule has 3 rings (SSSR count). The van der Waals surface area contributed by atoms with Crippen LogP contribution in [-0.2, 0) is 14.4 Å². The summed E-state index contributed by atoms with van der Waals surface area (Å²) < 4.78 is 0. The Morgan fingerprint density at radius 2 is 1.47 bits per heavy atom. The van der Waals surface area contributed by atoms with E-state index in [1.165, 1.54) is 38.5 Å². The van der Waals surface area contributed by atoms with Crippen molar-refractivity contribution in [3.8, 4) is 0 Å². The average molecular weight is 238 g/mol. The number of Topliss-reactive ketones (excluding diaryl/α,β-unsaturated/α-hetero) is 1. The second-order valence-electron chi connectivity index (χ2n) is 5.96. The number of hydrogen-bond donors (Lipinski definition) is 0. The van der Waals surface area contributed by atoms with Gasteiger partial charge in [0.05, 0.1) is 0 Å². The van der Waals surface area contributed by atoms with Crippen LogP contribution in [0.5, 0.6) is 0 Å². The second kappa shape index (κ2) is 5.59. The molecule has 0 spiro atoms. The number of ketones is 1. The van der Waals surface area contributed by atoms with Crippen LogP contribution in [0.1, 0.15) is 65.2 Å². The van der Waals surface area contributed by atoms with Crippen molar-refractivity contribution in [2.45, 2.75) is 65.2 Å². The smallest absolute Gasteiger partial charge is 0.300 e. The summed E-state index contributed by atoms with van der Waals surface area (Å²) >= 11 is 0. The lowest BCUT2D eigenvalue weighted by molar-refractivity contribution is -0.191. The summed E-state index contributed by atoms with van der Waals surface area (Å²) in [4.78, 5) is 27.8. The molecular weight excluding hydrogens is 216 g/mol. The standard InChI is InChI=1S/C13H22O.CO2/c1-3-11(14)10-13-7-4-12(2,5-8-13)6-9-13;2-1-3/h3-10H2,1-2H3;. The molecule has 0 aromatic carbocycles.